The predicted octanol–water partition coefficient (Wildman–Crippen LogP) is 3.01. The topological polar surface area (TPSA) is 61.1 Å². The molecule has 5 nitrogen and oxygen atoms in total. The molecule has 1 aromatic heterocycles. The van der Waals surface area contributed by atoms with Crippen LogP contribution in [-0.2, 0) is 4.74 Å². The molecule has 22 heavy (non-hydrogen) atoms. The number of morpholine rings is 1. The molecule has 118 valence electrons. The van der Waals surface area contributed by atoms with Crippen molar-refractivity contribution < 1.29 is 13.9 Å². The summed E-state index contributed by atoms with van der Waals surface area (Å²) < 4.78 is 19.9. The zero-order valence-corrected chi connectivity index (χ0v) is 13.3. The van der Waals surface area contributed by atoms with E-state index in [1.165, 1.54) is 12.1 Å². The van der Waals surface area contributed by atoms with E-state index in [-0.39, 0.29) is 11.5 Å². The highest BCUT2D eigenvalue weighted by molar-refractivity contribution is 7.71. The number of carbonyl (C=O) groups is 1. The summed E-state index contributed by atoms with van der Waals surface area (Å²) in [5.41, 5.74) is 0.981. The number of rotatable bonds is 2. The first-order valence-electron chi connectivity index (χ1n) is 7.27. The van der Waals surface area contributed by atoms with E-state index < -0.39 is 5.82 Å². The van der Waals surface area contributed by atoms with E-state index in [4.69, 9.17) is 17.0 Å². The van der Waals surface area contributed by atoms with Crippen LogP contribution in [0.4, 0.5) is 4.39 Å². The Morgan fingerprint density at radius 3 is 3.00 bits per heavy atom. The van der Waals surface area contributed by atoms with Crippen LogP contribution < -0.4 is 0 Å². The molecule has 2 N–H and O–H groups in total. The van der Waals surface area contributed by atoms with Gasteiger partial charge in [-0.05, 0) is 37.7 Å². The quantitative estimate of drug-likeness (QED) is 0.835. The van der Waals surface area contributed by atoms with E-state index in [1.54, 1.807) is 4.90 Å². The smallest absolute Gasteiger partial charge is 0.256 e. The number of halogens is 1. The van der Waals surface area contributed by atoms with Gasteiger partial charge in [0.2, 0.25) is 0 Å². The van der Waals surface area contributed by atoms with Gasteiger partial charge < -0.3 is 19.6 Å². The maximum Gasteiger partial charge on any atom is 0.256 e. The Labute approximate surface area is 132 Å². The van der Waals surface area contributed by atoms with Crippen LogP contribution in [0.3, 0.4) is 0 Å². The molecule has 0 unspecified atom stereocenters. The number of amides is 1. The number of benzene rings is 1. The molecule has 1 fully saturated rings. The molecule has 0 aliphatic carbocycles. The van der Waals surface area contributed by atoms with Crippen LogP contribution >= 0.6 is 12.2 Å². The van der Waals surface area contributed by atoms with Gasteiger partial charge in [0.15, 0.2) is 4.77 Å². The number of imidazole rings is 1. The first-order chi connectivity index (χ1) is 10.4. The molecule has 2 heterocycles. The molecule has 1 saturated heterocycles. The molecule has 1 aliphatic rings. The lowest BCUT2D eigenvalue weighted by molar-refractivity contribution is -0.0897. The average molecular weight is 323 g/mol. The van der Waals surface area contributed by atoms with Crippen molar-refractivity contribution >= 4 is 29.2 Å². The van der Waals surface area contributed by atoms with E-state index >= 15 is 0 Å². The number of nitrogens with one attached hydrogen (secondary N) is 2. The molecule has 7 heteroatoms. The van der Waals surface area contributed by atoms with Crippen LogP contribution in [0.25, 0.3) is 11.0 Å². The summed E-state index contributed by atoms with van der Waals surface area (Å²) in [6.45, 7) is 5.48. The van der Waals surface area contributed by atoms with Gasteiger partial charge in [-0.3, -0.25) is 4.79 Å². The average Bonchev–Trinajstić information content (AvgIpc) is 2.85. The van der Waals surface area contributed by atoms with Crippen molar-refractivity contribution in [3.05, 3.63) is 28.3 Å². The second-order valence-electron chi connectivity index (χ2n) is 5.83. The minimum absolute atomic E-state index is 0.210. The van der Waals surface area contributed by atoms with Crippen molar-refractivity contribution in [1.82, 2.24) is 14.9 Å². The van der Waals surface area contributed by atoms with E-state index in [0.29, 0.717) is 41.1 Å². The van der Waals surface area contributed by atoms with Gasteiger partial charge in [0, 0.05) is 13.1 Å². The number of fused-ring (bicyclic) bond motifs is 1. The fourth-order valence-corrected chi connectivity index (χ4v) is 2.98. The van der Waals surface area contributed by atoms with Gasteiger partial charge >= 0.3 is 0 Å². The lowest BCUT2D eigenvalue weighted by Gasteiger charge is -2.40. The van der Waals surface area contributed by atoms with Crippen LogP contribution in [0, 0.1) is 10.6 Å². The lowest BCUT2D eigenvalue weighted by Crippen LogP contribution is -2.51. The van der Waals surface area contributed by atoms with Crippen molar-refractivity contribution in [2.24, 2.45) is 0 Å². The first-order valence-corrected chi connectivity index (χ1v) is 7.67. The highest BCUT2D eigenvalue weighted by atomic mass is 32.1. The standard InChI is InChI=1S/C15H18FN3O2S/c1-3-15(2)8-19(4-5-21-15)13(20)10-6-9(16)7-11-12(10)18-14(22)17-11/h6-7H,3-5,8H2,1-2H3,(H2,17,18,22)/t15-/m1/s1. The van der Waals surface area contributed by atoms with Gasteiger partial charge in [-0.15, -0.1) is 0 Å². The second kappa shape index (κ2) is 5.48. The number of nitrogens with zero attached hydrogens (tertiary/aromatic N) is 1. The Bertz CT molecular complexity index is 785. The second-order valence-corrected chi connectivity index (χ2v) is 6.24. The zero-order valence-electron chi connectivity index (χ0n) is 12.5. The number of hydrogen-bond acceptors (Lipinski definition) is 3. The summed E-state index contributed by atoms with van der Waals surface area (Å²) in [7, 11) is 0. The Hall–Kier alpha value is -1.73. The van der Waals surface area contributed by atoms with Crippen molar-refractivity contribution in [3.63, 3.8) is 0 Å². The van der Waals surface area contributed by atoms with Crippen LogP contribution in [0.2, 0.25) is 0 Å². The molecule has 1 aliphatic heterocycles. The molecule has 1 aromatic carbocycles. The number of aromatic nitrogens is 2. The first kappa shape index (κ1) is 15.2. The van der Waals surface area contributed by atoms with Gasteiger partial charge in [0.25, 0.3) is 5.91 Å². The van der Waals surface area contributed by atoms with Crippen molar-refractivity contribution in [3.8, 4) is 0 Å². The number of hydrogen-bond donors (Lipinski definition) is 2. The zero-order chi connectivity index (χ0) is 15.9. The third kappa shape index (κ3) is 2.66. The van der Waals surface area contributed by atoms with Gasteiger partial charge in [-0.25, -0.2) is 4.39 Å². The maximum absolute atomic E-state index is 13.8. The van der Waals surface area contributed by atoms with Gasteiger partial charge in [0.1, 0.15) is 5.82 Å². The molecular weight excluding hydrogens is 305 g/mol. The lowest BCUT2D eigenvalue weighted by atomic mass is 10.00. The summed E-state index contributed by atoms with van der Waals surface area (Å²) in [4.78, 5) is 20.3. The van der Waals surface area contributed by atoms with Crippen LogP contribution in [-0.4, -0.2) is 46.1 Å². The molecular formula is C15H18FN3O2S. The summed E-state index contributed by atoms with van der Waals surface area (Å²) >= 11 is 5.04. The molecule has 0 bridgehead atoms. The third-order valence-electron chi connectivity index (χ3n) is 4.19. The number of ether oxygens (including phenoxy) is 1. The summed E-state index contributed by atoms with van der Waals surface area (Å²) in [6, 6.07) is 2.58. The Balaban J connectivity index is 2.00. The Morgan fingerprint density at radius 2 is 2.27 bits per heavy atom. The molecule has 0 radical (unpaired) electrons. The largest absolute Gasteiger partial charge is 0.372 e. The SMILES string of the molecule is CC[C@]1(C)CN(C(=O)c2cc(F)cc3[nH]c(=S)[nH]c23)CCO1. The summed E-state index contributed by atoms with van der Waals surface area (Å²) in [5, 5.41) is 0. The Morgan fingerprint density at radius 1 is 1.50 bits per heavy atom. The number of H-pyrrole nitrogens is 2. The predicted molar refractivity (Wildman–Crippen MR) is 84.0 cm³/mol. The molecule has 1 amide bonds. The van der Waals surface area contributed by atoms with Crippen LogP contribution in [0.5, 0.6) is 0 Å². The molecule has 0 spiro atoms. The van der Waals surface area contributed by atoms with Crippen LogP contribution in [0.1, 0.15) is 30.6 Å². The van der Waals surface area contributed by atoms with Gasteiger partial charge in [0.05, 0.1) is 28.8 Å². The van der Waals surface area contributed by atoms with Crippen molar-refractivity contribution in [2.45, 2.75) is 25.9 Å². The highest BCUT2D eigenvalue weighted by Crippen LogP contribution is 2.25. The maximum atomic E-state index is 13.8. The third-order valence-corrected chi connectivity index (χ3v) is 4.40. The molecule has 2 aromatic rings. The minimum atomic E-state index is -0.465. The highest BCUT2D eigenvalue weighted by Gasteiger charge is 2.33. The van der Waals surface area contributed by atoms with E-state index in [2.05, 4.69) is 9.97 Å². The van der Waals surface area contributed by atoms with Crippen LogP contribution in [0.15, 0.2) is 12.1 Å². The fourth-order valence-electron chi connectivity index (χ4n) is 2.76. The van der Waals surface area contributed by atoms with Gasteiger partial charge in [-0.1, -0.05) is 6.92 Å². The monoisotopic (exact) mass is 323 g/mol. The number of aromatic amines is 2. The summed E-state index contributed by atoms with van der Waals surface area (Å²) in [5.74, 6) is -0.676. The van der Waals surface area contributed by atoms with E-state index in [9.17, 15) is 9.18 Å². The Kier molecular flexibility index (Phi) is 3.78. The van der Waals surface area contributed by atoms with Crippen molar-refractivity contribution in [2.75, 3.05) is 19.7 Å². The number of carbonyl (C=O) groups excluding carboxylic acids is 1. The normalized spacial score (nSPS) is 22.2. The fraction of sp³-hybridized carbons (Fsp3) is 0.467. The minimum Gasteiger partial charge on any atom is -0.372 e. The van der Waals surface area contributed by atoms with E-state index in [1.807, 2.05) is 13.8 Å². The molecule has 1 atom stereocenters. The van der Waals surface area contributed by atoms with Crippen molar-refractivity contribution in [1.29, 1.82) is 0 Å². The molecule has 0 saturated carbocycles. The molecule has 3 rings (SSSR count). The van der Waals surface area contributed by atoms with Gasteiger partial charge in [-0.2, -0.15) is 0 Å². The summed E-state index contributed by atoms with van der Waals surface area (Å²) in [6.07, 6.45) is 0.807. The van der Waals surface area contributed by atoms with E-state index in [0.717, 1.165) is 6.42 Å².